The van der Waals surface area contributed by atoms with Crippen LogP contribution in [-0.4, -0.2) is 30.3 Å². The molecule has 4 nitrogen and oxygen atoms in total. The third kappa shape index (κ3) is 4.67. The van der Waals surface area contributed by atoms with Crippen LogP contribution in [0, 0.1) is 5.82 Å². The molecule has 0 aliphatic heterocycles. The van der Waals surface area contributed by atoms with Gasteiger partial charge in [-0.15, -0.1) is 0 Å². The van der Waals surface area contributed by atoms with Crippen molar-refractivity contribution in [2.24, 2.45) is 0 Å². The molecule has 28 heavy (non-hydrogen) atoms. The van der Waals surface area contributed by atoms with Crippen molar-refractivity contribution in [2.45, 2.75) is 13.0 Å². The first kappa shape index (κ1) is 19.8. The van der Waals surface area contributed by atoms with Gasteiger partial charge in [-0.2, -0.15) is 0 Å². The molecule has 3 aromatic carbocycles. The zero-order valence-electron chi connectivity index (χ0n) is 15.4. The van der Waals surface area contributed by atoms with E-state index in [0.29, 0.717) is 0 Å². The summed E-state index contributed by atoms with van der Waals surface area (Å²) >= 11 is 6.00. The molecule has 1 N–H and O–H groups in total. The van der Waals surface area contributed by atoms with Crippen molar-refractivity contribution < 1.29 is 14.0 Å². The minimum absolute atomic E-state index is 0.0313. The molecule has 144 valence electrons. The molecule has 0 aliphatic carbocycles. The molecule has 0 atom stereocenters. The molecular formula is C22H20ClFN2O2. The number of carbonyl (C=O) groups is 2. The number of fused-ring (bicyclic) bond motifs is 1. The van der Waals surface area contributed by atoms with Crippen molar-refractivity contribution in [2.75, 3.05) is 13.6 Å². The standard InChI is InChI=1S/C22H20ClFN2O2/c1-26(14-18-19(23)10-5-11-20(18)24)22(28)13-25-21(27)12-16-8-4-7-15-6-2-3-9-17(15)16/h2-11H,12-14H2,1H3,(H,25,27). The van der Waals surface area contributed by atoms with E-state index in [1.165, 1.54) is 17.0 Å². The van der Waals surface area contributed by atoms with Crippen molar-refractivity contribution >= 4 is 34.2 Å². The van der Waals surface area contributed by atoms with Gasteiger partial charge in [0.15, 0.2) is 0 Å². The van der Waals surface area contributed by atoms with Crippen LogP contribution in [0.25, 0.3) is 10.8 Å². The summed E-state index contributed by atoms with van der Waals surface area (Å²) in [7, 11) is 1.54. The molecule has 0 aliphatic rings. The second kappa shape index (κ2) is 8.85. The van der Waals surface area contributed by atoms with E-state index >= 15 is 0 Å². The van der Waals surface area contributed by atoms with E-state index in [-0.39, 0.29) is 41.9 Å². The lowest BCUT2D eigenvalue weighted by Gasteiger charge is -2.19. The van der Waals surface area contributed by atoms with E-state index in [9.17, 15) is 14.0 Å². The van der Waals surface area contributed by atoms with Gasteiger partial charge >= 0.3 is 0 Å². The number of halogens is 2. The third-order valence-electron chi connectivity index (χ3n) is 4.55. The summed E-state index contributed by atoms with van der Waals surface area (Å²) in [5.41, 5.74) is 1.15. The number of nitrogens with one attached hydrogen (secondary N) is 1. The highest BCUT2D eigenvalue weighted by atomic mass is 35.5. The molecule has 0 saturated heterocycles. The molecular weight excluding hydrogens is 379 g/mol. The minimum Gasteiger partial charge on any atom is -0.347 e. The summed E-state index contributed by atoms with van der Waals surface area (Å²) in [6, 6.07) is 18.0. The summed E-state index contributed by atoms with van der Waals surface area (Å²) in [6.45, 7) is -0.129. The lowest BCUT2D eigenvalue weighted by atomic mass is 10.0. The Labute approximate surface area is 167 Å². The lowest BCUT2D eigenvalue weighted by molar-refractivity contribution is -0.132. The van der Waals surface area contributed by atoms with Crippen LogP contribution in [0.1, 0.15) is 11.1 Å². The molecule has 0 heterocycles. The van der Waals surface area contributed by atoms with Crippen LogP contribution >= 0.6 is 11.6 Å². The first-order chi connectivity index (χ1) is 13.5. The maximum absolute atomic E-state index is 13.9. The third-order valence-corrected chi connectivity index (χ3v) is 4.90. The predicted molar refractivity (Wildman–Crippen MR) is 109 cm³/mol. The Bertz CT molecular complexity index is 997. The van der Waals surface area contributed by atoms with Gasteiger partial charge in [-0.3, -0.25) is 9.59 Å². The highest BCUT2D eigenvalue weighted by molar-refractivity contribution is 6.31. The fourth-order valence-electron chi connectivity index (χ4n) is 3.00. The van der Waals surface area contributed by atoms with Crippen LogP contribution < -0.4 is 5.32 Å². The van der Waals surface area contributed by atoms with Gasteiger partial charge < -0.3 is 10.2 Å². The highest BCUT2D eigenvalue weighted by Gasteiger charge is 2.15. The summed E-state index contributed by atoms with van der Waals surface area (Å²) in [5, 5.41) is 4.97. The van der Waals surface area contributed by atoms with Crippen molar-refractivity contribution in [1.82, 2.24) is 10.2 Å². The summed E-state index contributed by atoms with van der Waals surface area (Å²) in [6.07, 6.45) is 0.178. The van der Waals surface area contributed by atoms with Crippen LogP contribution in [0.4, 0.5) is 4.39 Å². The van der Waals surface area contributed by atoms with Crippen molar-refractivity contribution in [3.8, 4) is 0 Å². The number of hydrogen-bond donors (Lipinski definition) is 1. The zero-order valence-corrected chi connectivity index (χ0v) is 16.2. The molecule has 0 spiro atoms. The second-order valence-corrected chi connectivity index (χ2v) is 6.95. The first-order valence-corrected chi connectivity index (χ1v) is 9.23. The molecule has 0 unspecified atom stereocenters. The van der Waals surface area contributed by atoms with Gasteiger partial charge in [0, 0.05) is 24.2 Å². The van der Waals surface area contributed by atoms with Gasteiger partial charge in [-0.1, -0.05) is 60.1 Å². The zero-order chi connectivity index (χ0) is 20.1. The predicted octanol–water partition coefficient (Wildman–Crippen LogP) is 3.95. The summed E-state index contributed by atoms with van der Waals surface area (Å²) < 4.78 is 13.9. The van der Waals surface area contributed by atoms with Crippen LogP contribution in [-0.2, 0) is 22.6 Å². The quantitative estimate of drug-likeness (QED) is 0.683. The number of benzene rings is 3. The minimum atomic E-state index is -0.466. The van der Waals surface area contributed by atoms with Crippen LogP contribution in [0.2, 0.25) is 5.02 Å². The summed E-state index contributed by atoms with van der Waals surface area (Å²) in [4.78, 5) is 25.9. The Morgan fingerprint density at radius 3 is 2.54 bits per heavy atom. The topological polar surface area (TPSA) is 49.4 Å². The fraction of sp³-hybridized carbons (Fsp3) is 0.182. The largest absolute Gasteiger partial charge is 0.347 e. The molecule has 0 radical (unpaired) electrons. The maximum Gasteiger partial charge on any atom is 0.242 e. The Morgan fingerprint density at radius 2 is 1.75 bits per heavy atom. The van der Waals surface area contributed by atoms with E-state index < -0.39 is 5.82 Å². The van der Waals surface area contributed by atoms with E-state index in [0.717, 1.165) is 16.3 Å². The number of rotatable bonds is 6. The smallest absolute Gasteiger partial charge is 0.242 e. The van der Waals surface area contributed by atoms with Crippen LogP contribution in [0.3, 0.4) is 0 Å². The van der Waals surface area contributed by atoms with Gasteiger partial charge in [0.05, 0.1) is 13.0 Å². The van der Waals surface area contributed by atoms with Gasteiger partial charge in [0.2, 0.25) is 11.8 Å². The normalized spacial score (nSPS) is 10.7. The van der Waals surface area contributed by atoms with Gasteiger partial charge in [-0.25, -0.2) is 4.39 Å². The molecule has 3 rings (SSSR count). The highest BCUT2D eigenvalue weighted by Crippen LogP contribution is 2.20. The van der Waals surface area contributed by atoms with E-state index in [1.54, 1.807) is 13.1 Å². The van der Waals surface area contributed by atoms with Gasteiger partial charge in [-0.05, 0) is 28.5 Å². The van der Waals surface area contributed by atoms with Crippen molar-refractivity contribution in [3.63, 3.8) is 0 Å². The monoisotopic (exact) mass is 398 g/mol. The van der Waals surface area contributed by atoms with E-state index in [1.807, 2.05) is 42.5 Å². The van der Waals surface area contributed by atoms with Crippen LogP contribution in [0.15, 0.2) is 60.7 Å². The summed E-state index contributed by atoms with van der Waals surface area (Å²) in [5.74, 6) is -1.04. The van der Waals surface area contributed by atoms with E-state index in [2.05, 4.69) is 5.32 Å². The van der Waals surface area contributed by atoms with E-state index in [4.69, 9.17) is 11.6 Å². The molecule has 6 heteroatoms. The molecule has 0 aromatic heterocycles. The number of likely N-dealkylation sites (N-methyl/N-ethyl adjacent to an activating group) is 1. The first-order valence-electron chi connectivity index (χ1n) is 8.86. The Kier molecular flexibility index (Phi) is 6.26. The number of nitrogens with zero attached hydrogens (tertiary/aromatic N) is 1. The Hall–Kier alpha value is -2.92. The van der Waals surface area contributed by atoms with Crippen molar-refractivity contribution in [1.29, 1.82) is 0 Å². The molecule has 2 amide bonds. The van der Waals surface area contributed by atoms with Gasteiger partial charge in [0.1, 0.15) is 5.82 Å². The van der Waals surface area contributed by atoms with Crippen molar-refractivity contribution in [3.05, 3.63) is 82.6 Å². The Balaban J connectivity index is 1.57. The molecule has 0 bridgehead atoms. The average molecular weight is 399 g/mol. The number of hydrogen-bond acceptors (Lipinski definition) is 2. The molecule has 0 fully saturated rings. The molecule has 3 aromatic rings. The maximum atomic E-state index is 13.9. The van der Waals surface area contributed by atoms with Crippen LogP contribution in [0.5, 0.6) is 0 Å². The van der Waals surface area contributed by atoms with Gasteiger partial charge in [0.25, 0.3) is 0 Å². The molecule has 0 saturated carbocycles. The fourth-order valence-corrected chi connectivity index (χ4v) is 3.22. The average Bonchev–Trinajstić information content (AvgIpc) is 2.69. The SMILES string of the molecule is CN(Cc1c(F)cccc1Cl)C(=O)CNC(=O)Cc1cccc2ccccc12. The second-order valence-electron chi connectivity index (χ2n) is 6.54. The number of carbonyl (C=O) groups excluding carboxylic acids is 2. The number of amides is 2. The Morgan fingerprint density at radius 1 is 1.04 bits per heavy atom. The lowest BCUT2D eigenvalue weighted by Crippen LogP contribution is -2.38.